The van der Waals surface area contributed by atoms with Crippen LogP contribution in [0.1, 0.15) is 31.4 Å². The average molecular weight is 403 g/mol. The molecule has 3 heterocycles. The van der Waals surface area contributed by atoms with Crippen molar-refractivity contribution >= 4 is 28.4 Å². The second kappa shape index (κ2) is 7.92. The SMILES string of the molecule is Cc1cc(Nc2cc3ncccc3c(N[C@@H]3CC4CC3C[C@@H]4NCCC#N)n2)n[nH]1. The molecule has 3 aromatic rings. The maximum atomic E-state index is 8.76. The number of nitrogens with zero attached hydrogens (tertiary/aromatic N) is 4. The molecule has 0 radical (unpaired) electrons. The Kier molecular flexibility index (Phi) is 4.97. The van der Waals surface area contributed by atoms with Crippen LogP contribution in [0.2, 0.25) is 0 Å². The van der Waals surface area contributed by atoms with E-state index in [1.807, 2.05) is 31.3 Å². The number of nitriles is 1. The third-order valence-corrected chi connectivity index (χ3v) is 6.38. The van der Waals surface area contributed by atoms with Gasteiger partial charge in [0, 0.05) is 54.5 Å². The third kappa shape index (κ3) is 3.68. The summed E-state index contributed by atoms with van der Waals surface area (Å²) in [6, 6.07) is 11.1. The Labute approximate surface area is 175 Å². The number of H-pyrrole nitrogens is 1. The first-order valence-corrected chi connectivity index (χ1v) is 10.6. The van der Waals surface area contributed by atoms with E-state index in [0.29, 0.717) is 30.3 Å². The van der Waals surface area contributed by atoms with E-state index in [0.717, 1.165) is 53.4 Å². The van der Waals surface area contributed by atoms with Crippen LogP contribution in [0.25, 0.3) is 10.9 Å². The molecule has 2 aliphatic carbocycles. The van der Waals surface area contributed by atoms with Crippen molar-refractivity contribution < 1.29 is 0 Å². The number of rotatable bonds is 7. The first kappa shape index (κ1) is 18.8. The minimum atomic E-state index is 0.419. The highest BCUT2D eigenvalue weighted by Crippen LogP contribution is 2.46. The van der Waals surface area contributed by atoms with Gasteiger partial charge < -0.3 is 16.0 Å². The minimum Gasteiger partial charge on any atom is -0.366 e. The fourth-order valence-corrected chi connectivity index (χ4v) is 5.05. The summed E-state index contributed by atoms with van der Waals surface area (Å²) in [6.07, 6.45) is 5.92. The Hall–Kier alpha value is -3.18. The van der Waals surface area contributed by atoms with Crippen LogP contribution in [0.15, 0.2) is 30.5 Å². The quantitative estimate of drug-likeness (QED) is 0.447. The Balaban J connectivity index is 1.34. The van der Waals surface area contributed by atoms with E-state index in [9.17, 15) is 0 Å². The fraction of sp³-hybridized carbons (Fsp3) is 0.455. The molecule has 0 aromatic carbocycles. The summed E-state index contributed by atoms with van der Waals surface area (Å²) >= 11 is 0. The van der Waals surface area contributed by atoms with Gasteiger partial charge in [-0.3, -0.25) is 10.1 Å². The van der Waals surface area contributed by atoms with Crippen molar-refractivity contribution in [2.75, 3.05) is 17.2 Å². The van der Waals surface area contributed by atoms with Gasteiger partial charge in [-0.25, -0.2) is 4.98 Å². The van der Waals surface area contributed by atoms with Gasteiger partial charge in [0.05, 0.1) is 11.6 Å². The molecule has 3 aromatic heterocycles. The molecule has 0 amide bonds. The smallest absolute Gasteiger partial charge is 0.153 e. The lowest BCUT2D eigenvalue weighted by atomic mass is 9.91. The highest BCUT2D eigenvalue weighted by molar-refractivity contribution is 5.91. The molecule has 0 saturated heterocycles. The van der Waals surface area contributed by atoms with Gasteiger partial charge in [0.2, 0.25) is 0 Å². The van der Waals surface area contributed by atoms with Crippen molar-refractivity contribution in [2.45, 2.75) is 44.7 Å². The first-order valence-electron chi connectivity index (χ1n) is 10.6. The molecule has 154 valence electrons. The third-order valence-electron chi connectivity index (χ3n) is 6.38. The summed E-state index contributed by atoms with van der Waals surface area (Å²) in [7, 11) is 0. The molecule has 8 nitrogen and oxygen atoms in total. The Bertz CT molecular complexity index is 1080. The van der Waals surface area contributed by atoms with Gasteiger partial charge in [0.1, 0.15) is 11.6 Å². The summed E-state index contributed by atoms with van der Waals surface area (Å²) in [5.74, 6) is 3.65. The van der Waals surface area contributed by atoms with E-state index in [4.69, 9.17) is 10.2 Å². The van der Waals surface area contributed by atoms with Crippen LogP contribution in [0.3, 0.4) is 0 Å². The van der Waals surface area contributed by atoms with Gasteiger partial charge in [-0.2, -0.15) is 10.4 Å². The largest absolute Gasteiger partial charge is 0.366 e. The lowest BCUT2D eigenvalue weighted by Gasteiger charge is -2.30. The molecule has 2 fully saturated rings. The normalized spacial score (nSPS) is 24.8. The Morgan fingerprint density at radius 2 is 2.03 bits per heavy atom. The standard InChI is InChI=1S/C22H26N8/c1-13-8-21(30-29-13)27-20-12-19-16(4-2-6-25-19)22(28-20)26-18-11-14-9-15(18)10-17(14)24-7-3-5-23/h2,4,6,8,12,14-15,17-18,24H,3,7,9-11H2,1H3,(H3,26,27,28,29,30)/t14?,15?,17-,18+/m0/s1. The number of nitrogens with one attached hydrogen (secondary N) is 4. The molecule has 0 spiro atoms. The topological polar surface area (TPSA) is 114 Å². The van der Waals surface area contributed by atoms with Gasteiger partial charge in [-0.1, -0.05) is 0 Å². The lowest BCUT2D eigenvalue weighted by molar-refractivity contribution is 0.337. The van der Waals surface area contributed by atoms with Gasteiger partial charge in [0.25, 0.3) is 0 Å². The summed E-state index contributed by atoms with van der Waals surface area (Å²) in [5, 5.41) is 27.6. The molecule has 2 unspecified atom stereocenters. The fourth-order valence-electron chi connectivity index (χ4n) is 5.05. The average Bonchev–Trinajstić information content (AvgIpc) is 3.44. The van der Waals surface area contributed by atoms with Crippen molar-refractivity contribution in [2.24, 2.45) is 11.8 Å². The number of aromatic nitrogens is 4. The summed E-state index contributed by atoms with van der Waals surface area (Å²) < 4.78 is 0. The Morgan fingerprint density at radius 1 is 1.17 bits per heavy atom. The number of fused-ring (bicyclic) bond motifs is 3. The summed E-state index contributed by atoms with van der Waals surface area (Å²) in [5.41, 5.74) is 1.90. The predicted octanol–water partition coefficient (Wildman–Crippen LogP) is 3.49. The number of pyridine rings is 2. The summed E-state index contributed by atoms with van der Waals surface area (Å²) in [6.45, 7) is 2.76. The first-order chi connectivity index (χ1) is 14.7. The molecule has 2 bridgehead atoms. The van der Waals surface area contributed by atoms with Crippen LogP contribution < -0.4 is 16.0 Å². The van der Waals surface area contributed by atoms with Crippen molar-refractivity contribution in [1.82, 2.24) is 25.5 Å². The van der Waals surface area contributed by atoms with Gasteiger partial charge in [-0.05, 0) is 50.2 Å². The maximum Gasteiger partial charge on any atom is 0.153 e. The van der Waals surface area contributed by atoms with Crippen LogP contribution in [-0.4, -0.2) is 38.8 Å². The van der Waals surface area contributed by atoms with E-state index in [1.54, 1.807) is 0 Å². The molecule has 30 heavy (non-hydrogen) atoms. The number of hydrogen-bond acceptors (Lipinski definition) is 7. The minimum absolute atomic E-state index is 0.419. The Morgan fingerprint density at radius 3 is 2.80 bits per heavy atom. The molecule has 0 aliphatic heterocycles. The molecule has 4 N–H and O–H groups in total. The number of aryl methyl sites for hydroxylation is 1. The van der Waals surface area contributed by atoms with Gasteiger partial charge >= 0.3 is 0 Å². The monoisotopic (exact) mass is 402 g/mol. The zero-order valence-corrected chi connectivity index (χ0v) is 17.0. The molecule has 8 heteroatoms. The van der Waals surface area contributed by atoms with Crippen LogP contribution >= 0.6 is 0 Å². The molecule has 2 saturated carbocycles. The zero-order chi connectivity index (χ0) is 20.5. The number of aromatic amines is 1. The van der Waals surface area contributed by atoms with E-state index in [-0.39, 0.29) is 0 Å². The number of hydrogen-bond donors (Lipinski definition) is 4. The zero-order valence-electron chi connectivity index (χ0n) is 17.0. The van der Waals surface area contributed by atoms with Crippen molar-refractivity contribution in [3.05, 3.63) is 36.2 Å². The highest BCUT2D eigenvalue weighted by atomic mass is 15.2. The van der Waals surface area contributed by atoms with E-state index >= 15 is 0 Å². The highest BCUT2D eigenvalue weighted by Gasteiger charge is 2.45. The van der Waals surface area contributed by atoms with E-state index in [1.165, 1.54) is 6.42 Å². The van der Waals surface area contributed by atoms with Crippen LogP contribution in [0.4, 0.5) is 17.5 Å². The number of anilines is 3. The maximum absolute atomic E-state index is 8.76. The van der Waals surface area contributed by atoms with E-state index in [2.05, 4.69) is 43.3 Å². The van der Waals surface area contributed by atoms with E-state index < -0.39 is 0 Å². The molecule has 2 aliphatic rings. The van der Waals surface area contributed by atoms with Crippen molar-refractivity contribution in [3.8, 4) is 6.07 Å². The molecular weight excluding hydrogens is 376 g/mol. The summed E-state index contributed by atoms with van der Waals surface area (Å²) in [4.78, 5) is 9.41. The van der Waals surface area contributed by atoms with Crippen LogP contribution in [-0.2, 0) is 0 Å². The molecule has 4 atom stereocenters. The van der Waals surface area contributed by atoms with Crippen LogP contribution in [0.5, 0.6) is 0 Å². The van der Waals surface area contributed by atoms with Gasteiger partial charge in [-0.15, -0.1) is 0 Å². The van der Waals surface area contributed by atoms with Crippen LogP contribution in [0, 0.1) is 30.1 Å². The van der Waals surface area contributed by atoms with Crippen molar-refractivity contribution in [3.63, 3.8) is 0 Å². The predicted molar refractivity (Wildman–Crippen MR) is 116 cm³/mol. The molecule has 5 rings (SSSR count). The van der Waals surface area contributed by atoms with Crippen molar-refractivity contribution in [1.29, 1.82) is 5.26 Å². The van der Waals surface area contributed by atoms with Gasteiger partial charge in [0.15, 0.2) is 5.82 Å². The lowest BCUT2D eigenvalue weighted by Crippen LogP contribution is -2.39. The molecular formula is C22H26N8. The second-order valence-corrected chi connectivity index (χ2v) is 8.43. The second-order valence-electron chi connectivity index (χ2n) is 8.43.